The van der Waals surface area contributed by atoms with Crippen LogP contribution in [0.4, 0.5) is 0 Å². The Hall–Kier alpha value is -1.39. The highest BCUT2D eigenvalue weighted by molar-refractivity contribution is 6.30. The summed E-state index contributed by atoms with van der Waals surface area (Å²) in [4.78, 5) is 14.0. The topological polar surface area (TPSA) is 29.5 Å². The third kappa shape index (κ3) is 3.67. The normalized spacial score (nSPS) is 23.9. The molecule has 2 aromatic rings. The largest absolute Gasteiger partial charge is 0.366 e. The van der Waals surface area contributed by atoms with Gasteiger partial charge >= 0.3 is 0 Å². The van der Waals surface area contributed by atoms with Crippen molar-refractivity contribution in [1.29, 1.82) is 0 Å². The van der Waals surface area contributed by atoms with Crippen molar-refractivity contribution in [2.75, 3.05) is 19.7 Å². The van der Waals surface area contributed by atoms with Crippen molar-refractivity contribution in [2.24, 2.45) is 0 Å². The SMILES string of the molecule is O=C1CCC2(CCN(C(c3ccc(Cl)cc3)c3ccc(Cl)cc3)C2)OC1. The number of halogens is 2. The standard InChI is InChI=1S/C21H21Cl2NO2/c22-17-5-1-15(2-6-17)20(16-3-7-18(23)8-4-16)24-12-11-21(14-24)10-9-19(25)13-26-21/h1-8,20H,9-14H2. The molecule has 0 N–H and O–H groups in total. The number of ketones is 1. The van der Waals surface area contributed by atoms with Crippen LogP contribution in [-0.2, 0) is 9.53 Å². The molecule has 4 rings (SSSR count). The van der Waals surface area contributed by atoms with E-state index in [0.717, 1.165) is 36.0 Å². The summed E-state index contributed by atoms with van der Waals surface area (Å²) in [7, 11) is 0. The first-order valence-electron chi connectivity index (χ1n) is 8.95. The van der Waals surface area contributed by atoms with E-state index in [1.165, 1.54) is 11.1 Å². The number of hydrogen-bond acceptors (Lipinski definition) is 3. The number of benzene rings is 2. The average Bonchev–Trinajstić information content (AvgIpc) is 3.05. The molecule has 2 aliphatic heterocycles. The van der Waals surface area contributed by atoms with Gasteiger partial charge in [0.2, 0.25) is 0 Å². The van der Waals surface area contributed by atoms with E-state index in [0.29, 0.717) is 6.42 Å². The van der Waals surface area contributed by atoms with Crippen molar-refractivity contribution in [3.63, 3.8) is 0 Å². The zero-order chi connectivity index (χ0) is 18.1. The quantitative estimate of drug-likeness (QED) is 0.746. The van der Waals surface area contributed by atoms with Crippen LogP contribution in [0, 0.1) is 0 Å². The molecule has 1 spiro atoms. The lowest BCUT2D eigenvalue weighted by molar-refractivity contribution is -0.141. The highest BCUT2D eigenvalue weighted by Gasteiger charge is 2.44. The predicted octanol–water partition coefficient (Wildman–Crippen LogP) is 4.91. The lowest BCUT2D eigenvalue weighted by Crippen LogP contribution is -2.42. The van der Waals surface area contributed by atoms with Crippen LogP contribution in [-0.4, -0.2) is 36.0 Å². The number of carbonyl (C=O) groups is 1. The van der Waals surface area contributed by atoms with E-state index in [1.54, 1.807) is 0 Å². The maximum Gasteiger partial charge on any atom is 0.158 e. The molecule has 136 valence electrons. The monoisotopic (exact) mass is 389 g/mol. The molecule has 0 bridgehead atoms. The van der Waals surface area contributed by atoms with Crippen LogP contribution >= 0.6 is 23.2 Å². The van der Waals surface area contributed by atoms with Crippen molar-refractivity contribution in [2.45, 2.75) is 30.9 Å². The highest BCUT2D eigenvalue weighted by Crippen LogP contribution is 2.40. The van der Waals surface area contributed by atoms with Gasteiger partial charge in [-0.3, -0.25) is 9.69 Å². The van der Waals surface area contributed by atoms with E-state index >= 15 is 0 Å². The van der Waals surface area contributed by atoms with Crippen molar-refractivity contribution < 1.29 is 9.53 Å². The van der Waals surface area contributed by atoms with Gasteiger partial charge in [0.25, 0.3) is 0 Å². The number of nitrogens with zero attached hydrogens (tertiary/aromatic N) is 1. The molecule has 2 fully saturated rings. The number of likely N-dealkylation sites (tertiary alicyclic amines) is 1. The van der Waals surface area contributed by atoms with Crippen LogP contribution in [0.2, 0.25) is 10.0 Å². The van der Waals surface area contributed by atoms with E-state index in [1.807, 2.05) is 24.3 Å². The van der Waals surface area contributed by atoms with Gasteiger partial charge in [-0.1, -0.05) is 47.5 Å². The van der Waals surface area contributed by atoms with Gasteiger partial charge in [0.05, 0.1) is 11.6 Å². The minimum absolute atomic E-state index is 0.116. The fraction of sp³-hybridized carbons (Fsp3) is 0.381. The second kappa shape index (κ2) is 7.32. The van der Waals surface area contributed by atoms with Gasteiger partial charge in [-0.2, -0.15) is 0 Å². The molecule has 0 saturated carbocycles. The van der Waals surface area contributed by atoms with E-state index in [9.17, 15) is 4.79 Å². The minimum atomic E-state index is -0.189. The lowest BCUT2D eigenvalue weighted by Gasteiger charge is -2.35. The van der Waals surface area contributed by atoms with Crippen LogP contribution in [0.15, 0.2) is 48.5 Å². The summed E-state index contributed by atoms with van der Waals surface area (Å²) in [5.74, 6) is 0.209. The number of ether oxygens (including phenoxy) is 1. The third-order valence-corrected chi connectivity index (χ3v) is 5.99. The molecule has 2 heterocycles. The van der Waals surface area contributed by atoms with Crippen LogP contribution in [0.25, 0.3) is 0 Å². The smallest absolute Gasteiger partial charge is 0.158 e. The van der Waals surface area contributed by atoms with E-state index in [-0.39, 0.29) is 24.0 Å². The Morgan fingerprint density at radius 1 is 0.923 bits per heavy atom. The first-order valence-corrected chi connectivity index (χ1v) is 9.71. The highest BCUT2D eigenvalue weighted by atomic mass is 35.5. The fourth-order valence-electron chi connectivity index (χ4n) is 4.07. The molecule has 2 aliphatic rings. The summed E-state index contributed by atoms with van der Waals surface area (Å²) in [5, 5.41) is 1.46. The molecule has 0 aromatic heterocycles. The van der Waals surface area contributed by atoms with Gasteiger partial charge in [-0.25, -0.2) is 0 Å². The molecule has 2 saturated heterocycles. The van der Waals surface area contributed by atoms with Gasteiger partial charge < -0.3 is 4.74 Å². The Labute approximate surface area is 163 Å². The number of carbonyl (C=O) groups excluding carboxylic acids is 1. The van der Waals surface area contributed by atoms with Crippen LogP contribution in [0.5, 0.6) is 0 Å². The van der Waals surface area contributed by atoms with Gasteiger partial charge in [0.1, 0.15) is 6.61 Å². The predicted molar refractivity (Wildman–Crippen MR) is 104 cm³/mol. The number of hydrogen-bond donors (Lipinski definition) is 0. The molecule has 26 heavy (non-hydrogen) atoms. The Balaban J connectivity index is 1.64. The Morgan fingerprint density at radius 2 is 1.50 bits per heavy atom. The van der Waals surface area contributed by atoms with E-state index in [4.69, 9.17) is 27.9 Å². The number of Topliss-reactive ketones (excluding diaryl/α,β-unsaturated/α-hetero) is 1. The first kappa shape index (κ1) is 18.0. The molecule has 0 aliphatic carbocycles. The molecule has 5 heteroatoms. The molecule has 0 radical (unpaired) electrons. The maximum atomic E-state index is 11.6. The second-order valence-electron chi connectivity index (χ2n) is 7.24. The summed E-state index contributed by atoms with van der Waals surface area (Å²) >= 11 is 12.2. The summed E-state index contributed by atoms with van der Waals surface area (Å²) in [5.41, 5.74) is 2.20. The van der Waals surface area contributed by atoms with Crippen LogP contribution in [0.1, 0.15) is 36.4 Å². The Kier molecular flexibility index (Phi) is 5.07. The Morgan fingerprint density at radius 3 is 2.00 bits per heavy atom. The Bertz CT molecular complexity index is 733. The first-order chi connectivity index (χ1) is 12.5. The molecule has 1 unspecified atom stereocenters. The van der Waals surface area contributed by atoms with Gasteiger partial charge in [0, 0.05) is 29.6 Å². The van der Waals surface area contributed by atoms with Crippen molar-refractivity contribution >= 4 is 29.0 Å². The van der Waals surface area contributed by atoms with E-state index in [2.05, 4.69) is 29.2 Å². The van der Waals surface area contributed by atoms with Gasteiger partial charge in [0.15, 0.2) is 5.78 Å². The van der Waals surface area contributed by atoms with Crippen molar-refractivity contribution in [3.8, 4) is 0 Å². The van der Waals surface area contributed by atoms with Crippen LogP contribution in [0.3, 0.4) is 0 Å². The molecule has 2 aromatic carbocycles. The summed E-state index contributed by atoms with van der Waals surface area (Å²) in [6, 6.07) is 16.2. The molecular weight excluding hydrogens is 369 g/mol. The third-order valence-electron chi connectivity index (χ3n) is 5.48. The zero-order valence-electron chi connectivity index (χ0n) is 14.5. The maximum absolute atomic E-state index is 11.6. The summed E-state index contributed by atoms with van der Waals surface area (Å²) in [6.07, 6.45) is 2.40. The molecule has 3 nitrogen and oxygen atoms in total. The average molecular weight is 390 g/mol. The summed E-state index contributed by atoms with van der Waals surface area (Å²) in [6.45, 7) is 2.01. The molecular formula is C21H21Cl2NO2. The second-order valence-corrected chi connectivity index (χ2v) is 8.11. The van der Waals surface area contributed by atoms with E-state index < -0.39 is 0 Å². The zero-order valence-corrected chi connectivity index (χ0v) is 16.0. The van der Waals surface area contributed by atoms with Gasteiger partial charge in [-0.15, -0.1) is 0 Å². The van der Waals surface area contributed by atoms with Crippen molar-refractivity contribution in [1.82, 2.24) is 4.90 Å². The molecule has 1 atom stereocenters. The number of rotatable bonds is 3. The lowest BCUT2D eigenvalue weighted by atomic mass is 9.92. The minimum Gasteiger partial charge on any atom is -0.366 e. The fourth-order valence-corrected chi connectivity index (χ4v) is 4.32. The van der Waals surface area contributed by atoms with Gasteiger partial charge in [-0.05, 0) is 48.2 Å². The van der Waals surface area contributed by atoms with Crippen LogP contribution < -0.4 is 0 Å². The molecule has 0 amide bonds. The van der Waals surface area contributed by atoms with Crippen molar-refractivity contribution in [3.05, 3.63) is 69.7 Å². The summed E-state index contributed by atoms with van der Waals surface area (Å²) < 4.78 is 6.00.